The number of benzene rings is 1. The first-order valence-corrected chi connectivity index (χ1v) is 5.85. The Kier molecular flexibility index (Phi) is 4.86. The number of carbonyl (C=O) groups excluding carboxylic acids is 2. The minimum atomic E-state index is -2.35. The molecule has 0 fully saturated rings. The number of nitrogens with zero attached hydrogens (tertiary/aromatic N) is 1. The lowest BCUT2D eigenvalue weighted by Crippen LogP contribution is -2.30. The van der Waals surface area contributed by atoms with Crippen molar-refractivity contribution in [2.45, 2.75) is 26.4 Å². The van der Waals surface area contributed by atoms with E-state index in [0.717, 1.165) is 12.1 Å². The molecule has 2 unspecified atom stereocenters. The van der Waals surface area contributed by atoms with Crippen LogP contribution in [0, 0.1) is 16.0 Å². The monoisotopic (exact) mass is 267 g/mol. The van der Waals surface area contributed by atoms with Crippen molar-refractivity contribution in [3.63, 3.8) is 0 Å². The van der Waals surface area contributed by atoms with Gasteiger partial charge in [-0.05, 0) is 12.5 Å². The first-order chi connectivity index (χ1) is 8.90. The maximum atomic E-state index is 13.8. The quantitative estimate of drug-likeness (QED) is 0.343. The summed E-state index contributed by atoms with van der Waals surface area (Å²) in [5.74, 6) is -2.59. The Labute approximate surface area is 109 Å². The normalized spacial score (nSPS) is 13.6. The van der Waals surface area contributed by atoms with Crippen molar-refractivity contribution < 1.29 is 18.9 Å². The number of para-hydroxylation sites is 1. The van der Waals surface area contributed by atoms with E-state index in [1.165, 1.54) is 19.1 Å². The predicted octanol–water partition coefficient (Wildman–Crippen LogP) is 2.73. The molecule has 0 saturated carbocycles. The molecule has 0 aliphatic carbocycles. The molecule has 0 heterocycles. The number of hydrogen-bond acceptors (Lipinski definition) is 4. The zero-order chi connectivity index (χ0) is 14.6. The van der Waals surface area contributed by atoms with Crippen molar-refractivity contribution in [3.8, 4) is 0 Å². The van der Waals surface area contributed by atoms with Gasteiger partial charge in [-0.15, -0.1) is 0 Å². The number of nitro groups is 1. The van der Waals surface area contributed by atoms with Gasteiger partial charge in [0.15, 0.2) is 5.78 Å². The summed E-state index contributed by atoms with van der Waals surface area (Å²) in [4.78, 5) is 33.4. The van der Waals surface area contributed by atoms with Crippen molar-refractivity contribution >= 4 is 17.3 Å². The minimum Gasteiger partial charge on any atom is -0.296 e. The molecule has 0 radical (unpaired) electrons. The Hall–Kier alpha value is -2.11. The maximum Gasteiger partial charge on any atom is 0.280 e. The van der Waals surface area contributed by atoms with Crippen molar-refractivity contribution in [1.82, 2.24) is 0 Å². The molecule has 0 bridgehead atoms. The topological polar surface area (TPSA) is 77.3 Å². The Morgan fingerprint density at radius 3 is 2.47 bits per heavy atom. The lowest BCUT2D eigenvalue weighted by molar-refractivity contribution is -0.385. The van der Waals surface area contributed by atoms with E-state index >= 15 is 0 Å². The van der Waals surface area contributed by atoms with Gasteiger partial charge in [0.1, 0.15) is 0 Å². The van der Waals surface area contributed by atoms with Crippen LogP contribution in [0.2, 0.25) is 0 Å². The van der Waals surface area contributed by atoms with Crippen molar-refractivity contribution in [2.75, 3.05) is 0 Å². The first-order valence-electron chi connectivity index (χ1n) is 5.85. The molecule has 0 aromatic heterocycles. The number of hydrogen-bond donors (Lipinski definition) is 0. The van der Waals surface area contributed by atoms with Crippen LogP contribution in [-0.2, 0) is 4.79 Å². The van der Waals surface area contributed by atoms with Crippen LogP contribution in [0.4, 0.5) is 10.1 Å². The average Bonchev–Trinajstić information content (AvgIpc) is 2.43. The number of ketones is 2. The fraction of sp³-hybridized carbons (Fsp3) is 0.385. The highest BCUT2D eigenvalue weighted by atomic mass is 19.1. The summed E-state index contributed by atoms with van der Waals surface area (Å²) in [6.45, 7) is 3.21. The molecule has 0 spiro atoms. The Balaban J connectivity index is 3.07. The molecular formula is C13H14FNO4. The number of Topliss-reactive ketones (excluding diaryl/α,β-unsaturated/α-hetero) is 2. The van der Waals surface area contributed by atoms with Gasteiger partial charge in [0.25, 0.3) is 5.69 Å². The zero-order valence-corrected chi connectivity index (χ0v) is 10.6. The summed E-state index contributed by atoms with van der Waals surface area (Å²) in [5.41, 5.74) is -0.872. The molecule has 1 aromatic carbocycles. The standard InChI is InChI=1S/C13H14FNO4/c1-3-8(2)12(16)11(14)13(17)9-6-4-5-7-10(9)15(18)19/h4-8,11H,3H2,1-2H3. The number of nitro benzene ring substituents is 1. The third-order valence-electron chi connectivity index (χ3n) is 2.94. The van der Waals surface area contributed by atoms with Crippen LogP contribution in [0.1, 0.15) is 30.6 Å². The highest BCUT2D eigenvalue weighted by Crippen LogP contribution is 2.22. The molecular weight excluding hydrogens is 253 g/mol. The van der Waals surface area contributed by atoms with Crippen LogP contribution in [0.3, 0.4) is 0 Å². The van der Waals surface area contributed by atoms with Crippen LogP contribution in [0.25, 0.3) is 0 Å². The van der Waals surface area contributed by atoms with Crippen molar-refractivity contribution in [3.05, 3.63) is 39.9 Å². The van der Waals surface area contributed by atoms with Crippen LogP contribution in [-0.4, -0.2) is 22.7 Å². The van der Waals surface area contributed by atoms with Crippen molar-refractivity contribution in [2.24, 2.45) is 5.92 Å². The molecule has 1 aromatic rings. The molecule has 5 nitrogen and oxygen atoms in total. The summed E-state index contributed by atoms with van der Waals surface area (Å²) in [7, 11) is 0. The Bertz CT molecular complexity index is 515. The van der Waals surface area contributed by atoms with E-state index in [9.17, 15) is 24.1 Å². The van der Waals surface area contributed by atoms with Gasteiger partial charge in [0, 0.05) is 12.0 Å². The molecule has 0 N–H and O–H groups in total. The summed E-state index contributed by atoms with van der Waals surface area (Å²) < 4.78 is 13.8. The van der Waals surface area contributed by atoms with E-state index in [1.807, 2.05) is 0 Å². The predicted molar refractivity (Wildman–Crippen MR) is 66.8 cm³/mol. The molecule has 0 saturated heterocycles. The van der Waals surface area contributed by atoms with Gasteiger partial charge in [-0.25, -0.2) is 4.39 Å². The van der Waals surface area contributed by atoms with Gasteiger partial charge in [0.05, 0.1) is 10.5 Å². The summed E-state index contributed by atoms with van der Waals surface area (Å²) >= 11 is 0. The second-order valence-electron chi connectivity index (χ2n) is 4.21. The molecule has 1 rings (SSSR count). The molecule has 0 amide bonds. The first kappa shape index (κ1) is 14.9. The van der Waals surface area contributed by atoms with Crippen molar-refractivity contribution in [1.29, 1.82) is 0 Å². The van der Waals surface area contributed by atoms with Crippen LogP contribution in [0.15, 0.2) is 24.3 Å². The SMILES string of the molecule is CCC(C)C(=O)C(F)C(=O)c1ccccc1[N+](=O)[O-]. The highest BCUT2D eigenvalue weighted by molar-refractivity contribution is 6.15. The number of alkyl halides is 1. The summed E-state index contributed by atoms with van der Waals surface area (Å²) in [5, 5.41) is 10.8. The van der Waals surface area contributed by atoms with E-state index in [0.29, 0.717) is 6.42 Å². The molecule has 0 aliphatic rings. The van der Waals surface area contributed by atoms with Gasteiger partial charge in [0.2, 0.25) is 12.0 Å². The van der Waals surface area contributed by atoms with Gasteiger partial charge in [-0.1, -0.05) is 26.0 Å². The lowest BCUT2D eigenvalue weighted by atomic mass is 9.94. The van der Waals surface area contributed by atoms with E-state index in [2.05, 4.69) is 0 Å². The zero-order valence-electron chi connectivity index (χ0n) is 10.6. The van der Waals surface area contributed by atoms with E-state index in [4.69, 9.17) is 0 Å². The van der Waals surface area contributed by atoms with E-state index < -0.39 is 34.3 Å². The molecule has 6 heteroatoms. The molecule has 2 atom stereocenters. The maximum absolute atomic E-state index is 13.8. The second kappa shape index (κ2) is 6.17. The molecule has 0 aliphatic heterocycles. The number of carbonyl (C=O) groups is 2. The van der Waals surface area contributed by atoms with Gasteiger partial charge in [-0.2, -0.15) is 0 Å². The third kappa shape index (κ3) is 3.21. The summed E-state index contributed by atoms with van der Waals surface area (Å²) in [6, 6.07) is 5.02. The van der Waals surface area contributed by atoms with Crippen LogP contribution in [0.5, 0.6) is 0 Å². The summed E-state index contributed by atoms with van der Waals surface area (Å²) in [6.07, 6.45) is -1.94. The van der Waals surface area contributed by atoms with Gasteiger partial charge < -0.3 is 0 Å². The molecule has 19 heavy (non-hydrogen) atoms. The number of halogens is 1. The largest absolute Gasteiger partial charge is 0.296 e. The Morgan fingerprint density at radius 1 is 1.37 bits per heavy atom. The number of rotatable bonds is 6. The lowest BCUT2D eigenvalue weighted by Gasteiger charge is -2.11. The minimum absolute atomic E-state index is 0.378. The smallest absolute Gasteiger partial charge is 0.280 e. The second-order valence-corrected chi connectivity index (χ2v) is 4.21. The van der Waals surface area contributed by atoms with Crippen LogP contribution >= 0.6 is 0 Å². The molecule has 102 valence electrons. The fourth-order valence-electron chi connectivity index (χ4n) is 1.56. The van der Waals surface area contributed by atoms with Gasteiger partial charge >= 0.3 is 0 Å². The van der Waals surface area contributed by atoms with E-state index in [-0.39, 0.29) is 5.56 Å². The highest BCUT2D eigenvalue weighted by Gasteiger charge is 2.33. The van der Waals surface area contributed by atoms with Crippen LogP contribution < -0.4 is 0 Å². The average molecular weight is 267 g/mol. The Morgan fingerprint density at radius 2 is 1.95 bits per heavy atom. The third-order valence-corrected chi connectivity index (χ3v) is 2.94. The fourth-order valence-corrected chi connectivity index (χ4v) is 1.56. The van der Waals surface area contributed by atoms with E-state index in [1.54, 1.807) is 6.92 Å². The van der Waals surface area contributed by atoms with Gasteiger partial charge in [-0.3, -0.25) is 19.7 Å².